The molecule has 2 amide bonds. The van der Waals surface area contributed by atoms with Gasteiger partial charge in [0.05, 0.1) is 23.5 Å². The zero-order chi connectivity index (χ0) is 21.6. The molecule has 0 bridgehead atoms. The molecule has 2 heterocycles. The summed E-state index contributed by atoms with van der Waals surface area (Å²) in [5.74, 6) is -1.61. The molecule has 0 saturated carbocycles. The van der Waals surface area contributed by atoms with Crippen LogP contribution in [0.2, 0.25) is 0 Å². The highest BCUT2D eigenvalue weighted by Gasteiger charge is 2.44. The highest BCUT2D eigenvalue weighted by atomic mass is 19.1. The number of imide groups is 1. The molecule has 0 aromatic heterocycles. The van der Waals surface area contributed by atoms with Gasteiger partial charge < -0.3 is 9.64 Å². The molecule has 1 fully saturated rings. The molecule has 0 spiro atoms. The largest absolute Gasteiger partial charge is 0.372 e. The number of halogens is 1. The van der Waals surface area contributed by atoms with Crippen LogP contribution >= 0.6 is 0 Å². The minimum Gasteiger partial charge on any atom is -0.372 e. The van der Waals surface area contributed by atoms with E-state index in [4.69, 9.17) is 4.74 Å². The van der Waals surface area contributed by atoms with Gasteiger partial charge in [0, 0.05) is 13.1 Å². The van der Waals surface area contributed by atoms with Crippen molar-refractivity contribution in [1.29, 1.82) is 0 Å². The number of carbonyl (C=O) groups excluding carboxylic acids is 2. The Balaban J connectivity index is 1.89. The molecule has 6 heteroatoms. The summed E-state index contributed by atoms with van der Waals surface area (Å²) in [5.41, 5.74) is 3.26. The van der Waals surface area contributed by atoms with Crippen LogP contribution in [-0.4, -0.2) is 42.0 Å². The lowest BCUT2D eigenvalue weighted by Gasteiger charge is -2.37. The number of morpholine rings is 1. The number of anilines is 1. The number of para-hydroxylation sites is 1. The van der Waals surface area contributed by atoms with Crippen LogP contribution in [0.1, 0.15) is 30.5 Å². The maximum atomic E-state index is 14.5. The lowest BCUT2D eigenvalue weighted by molar-refractivity contribution is -0.121. The Bertz CT molecular complexity index is 1050. The van der Waals surface area contributed by atoms with Crippen LogP contribution in [0.25, 0.3) is 5.57 Å². The van der Waals surface area contributed by atoms with Crippen molar-refractivity contribution in [3.8, 4) is 0 Å². The minimum absolute atomic E-state index is 0.0286. The third kappa shape index (κ3) is 3.41. The van der Waals surface area contributed by atoms with Crippen LogP contribution in [0.5, 0.6) is 0 Å². The number of hydrogen-bond donors (Lipinski definition) is 0. The first-order valence-electron chi connectivity index (χ1n) is 10.1. The van der Waals surface area contributed by atoms with Crippen molar-refractivity contribution in [2.24, 2.45) is 0 Å². The third-order valence-corrected chi connectivity index (χ3v) is 5.54. The van der Waals surface area contributed by atoms with E-state index in [0.717, 1.165) is 16.0 Å². The summed E-state index contributed by atoms with van der Waals surface area (Å²) in [4.78, 5) is 30.0. The van der Waals surface area contributed by atoms with E-state index in [2.05, 4.69) is 0 Å². The molecule has 2 aromatic rings. The fourth-order valence-electron chi connectivity index (χ4n) is 4.36. The molecular weight excluding hydrogens is 383 g/mol. The third-order valence-electron chi connectivity index (χ3n) is 5.54. The lowest BCUT2D eigenvalue weighted by Crippen LogP contribution is -2.47. The molecule has 1 saturated heterocycles. The highest BCUT2D eigenvalue weighted by Crippen LogP contribution is 2.37. The van der Waals surface area contributed by atoms with Gasteiger partial charge in [0.2, 0.25) is 0 Å². The SMILES string of the molecule is Cc1ccc(C2=C(N3CC(C)OC(C)C3)C(=O)N(c3ccccc3F)C2=O)c(C)c1. The number of amides is 2. The molecular formula is C24H25FN2O3. The molecule has 0 aliphatic carbocycles. The number of aryl methyl sites for hydroxylation is 2. The number of rotatable bonds is 3. The quantitative estimate of drug-likeness (QED) is 0.725. The Morgan fingerprint density at radius 1 is 0.967 bits per heavy atom. The van der Waals surface area contributed by atoms with Gasteiger partial charge in [0.25, 0.3) is 11.8 Å². The first kappa shape index (κ1) is 20.3. The van der Waals surface area contributed by atoms with E-state index in [9.17, 15) is 14.0 Å². The van der Waals surface area contributed by atoms with Crippen molar-refractivity contribution in [3.05, 3.63) is 70.7 Å². The molecule has 4 rings (SSSR count). The average molecular weight is 408 g/mol. The molecule has 2 aliphatic heterocycles. The van der Waals surface area contributed by atoms with Crippen LogP contribution in [-0.2, 0) is 14.3 Å². The Labute approximate surface area is 175 Å². The Morgan fingerprint density at radius 2 is 1.63 bits per heavy atom. The highest BCUT2D eigenvalue weighted by molar-refractivity contribution is 6.45. The van der Waals surface area contributed by atoms with Gasteiger partial charge >= 0.3 is 0 Å². The second kappa shape index (κ2) is 7.69. The van der Waals surface area contributed by atoms with E-state index in [0.29, 0.717) is 29.9 Å². The van der Waals surface area contributed by atoms with Crippen molar-refractivity contribution in [2.75, 3.05) is 18.0 Å². The summed E-state index contributed by atoms with van der Waals surface area (Å²) in [7, 11) is 0. The van der Waals surface area contributed by atoms with Gasteiger partial charge in [-0.05, 0) is 51.0 Å². The van der Waals surface area contributed by atoms with Gasteiger partial charge in [0.1, 0.15) is 11.5 Å². The second-order valence-electron chi connectivity index (χ2n) is 8.10. The van der Waals surface area contributed by atoms with Crippen molar-refractivity contribution in [3.63, 3.8) is 0 Å². The predicted octanol–water partition coefficient (Wildman–Crippen LogP) is 3.84. The van der Waals surface area contributed by atoms with Crippen LogP contribution in [0.4, 0.5) is 10.1 Å². The van der Waals surface area contributed by atoms with Gasteiger partial charge in [-0.3, -0.25) is 9.59 Å². The van der Waals surface area contributed by atoms with E-state index in [1.165, 1.54) is 18.2 Å². The maximum Gasteiger partial charge on any atom is 0.282 e. The minimum atomic E-state index is -0.607. The smallest absolute Gasteiger partial charge is 0.282 e. The fraction of sp³-hybridized carbons (Fsp3) is 0.333. The van der Waals surface area contributed by atoms with E-state index < -0.39 is 17.6 Å². The lowest BCUT2D eigenvalue weighted by atomic mass is 9.97. The Kier molecular flexibility index (Phi) is 5.20. The monoisotopic (exact) mass is 408 g/mol. The van der Waals surface area contributed by atoms with Gasteiger partial charge in [-0.25, -0.2) is 9.29 Å². The predicted molar refractivity (Wildman–Crippen MR) is 113 cm³/mol. The van der Waals surface area contributed by atoms with Crippen molar-refractivity contribution >= 4 is 23.1 Å². The summed E-state index contributed by atoms with van der Waals surface area (Å²) in [6, 6.07) is 11.6. The first-order valence-corrected chi connectivity index (χ1v) is 10.1. The van der Waals surface area contributed by atoms with Crippen molar-refractivity contribution < 1.29 is 18.7 Å². The first-order chi connectivity index (χ1) is 14.3. The van der Waals surface area contributed by atoms with Gasteiger partial charge in [-0.1, -0.05) is 35.9 Å². The number of ether oxygens (including phenoxy) is 1. The van der Waals surface area contributed by atoms with Gasteiger partial charge in [-0.2, -0.15) is 0 Å². The van der Waals surface area contributed by atoms with Crippen LogP contribution in [0.3, 0.4) is 0 Å². The normalized spacial score (nSPS) is 22.3. The molecule has 2 atom stereocenters. The molecule has 0 radical (unpaired) electrons. The summed E-state index contributed by atoms with van der Waals surface area (Å²) >= 11 is 0. The summed E-state index contributed by atoms with van der Waals surface area (Å²) < 4.78 is 20.4. The molecule has 5 nitrogen and oxygen atoms in total. The Hall–Kier alpha value is -2.99. The van der Waals surface area contributed by atoms with Crippen molar-refractivity contribution in [2.45, 2.75) is 39.9 Å². The second-order valence-corrected chi connectivity index (χ2v) is 8.10. The number of carbonyl (C=O) groups is 2. The Morgan fingerprint density at radius 3 is 2.27 bits per heavy atom. The van der Waals surface area contributed by atoms with Crippen molar-refractivity contribution in [1.82, 2.24) is 4.90 Å². The number of nitrogens with zero attached hydrogens (tertiary/aromatic N) is 2. The maximum absolute atomic E-state index is 14.5. The zero-order valence-electron chi connectivity index (χ0n) is 17.6. The number of hydrogen-bond acceptors (Lipinski definition) is 4. The molecule has 2 unspecified atom stereocenters. The van der Waals surface area contributed by atoms with Crippen LogP contribution in [0, 0.1) is 19.7 Å². The molecule has 2 aromatic carbocycles. The van der Waals surface area contributed by atoms with E-state index in [-0.39, 0.29) is 17.9 Å². The van der Waals surface area contributed by atoms with Crippen LogP contribution in [0.15, 0.2) is 48.2 Å². The fourth-order valence-corrected chi connectivity index (χ4v) is 4.36. The topological polar surface area (TPSA) is 49.9 Å². The van der Waals surface area contributed by atoms with Gasteiger partial charge in [-0.15, -0.1) is 0 Å². The molecule has 2 aliphatic rings. The average Bonchev–Trinajstić information content (AvgIpc) is 2.92. The molecule has 0 N–H and O–H groups in total. The summed E-state index contributed by atoms with van der Waals surface area (Å²) in [6.07, 6.45) is -0.181. The zero-order valence-corrected chi connectivity index (χ0v) is 17.6. The van der Waals surface area contributed by atoms with E-state index in [1.807, 2.05) is 50.8 Å². The molecule has 30 heavy (non-hydrogen) atoms. The van der Waals surface area contributed by atoms with E-state index in [1.54, 1.807) is 6.07 Å². The summed E-state index contributed by atoms with van der Waals surface area (Å²) in [5, 5.41) is 0. The molecule has 156 valence electrons. The van der Waals surface area contributed by atoms with Crippen LogP contribution < -0.4 is 4.90 Å². The summed E-state index contributed by atoms with van der Waals surface area (Å²) in [6.45, 7) is 8.74. The van der Waals surface area contributed by atoms with E-state index >= 15 is 0 Å². The van der Waals surface area contributed by atoms with Gasteiger partial charge in [0.15, 0.2) is 0 Å². The standard InChI is InChI=1S/C24H25FN2O3/c1-14-9-10-18(15(2)11-14)21-22(26-12-16(3)30-17(4)13-26)24(29)27(23(21)28)20-8-6-5-7-19(20)25/h5-11,16-17H,12-13H2,1-4H3. The number of benzene rings is 2.